The van der Waals surface area contributed by atoms with Gasteiger partial charge in [0.1, 0.15) is 5.76 Å². The predicted molar refractivity (Wildman–Crippen MR) is 156 cm³/mol. The highest BCUT2D eigenvalue weighted by Gasteiger charge is 2.42. The van der Waals surface area contributed by atoms with Crippen molar-refractivity contribution in [1.29, 1.82) is 0 Å². The van der Waals surface area contributed by atoms with Gasteiger partial charge in [0.25, 0.3) is 10.0 Å². The number of sulfonamides is 1. The molecule has 0 aliphatic heterocycles. The van der Waals surface area contributed by atoms with E-state index in [4.69, 9.17) is 4.42 Å². The second-order valence-electron chi connectivity index (χ2n) is 11.2. The molecule has 0 amide bonds. The minimum atomic E-state index is -4.24. The third-order valence-electron chi connectivity index (χ3n) is 8.50. The molecule has 0 bridgehead atoms. The van der Waals surface area contributed by atoms with Crippen molar-refractivity contribution in [2.24, 2.45) is 0 Å². The third-order valence-corrected chi connectivity index (χ3v) is 9.89. The van der Waals surface area contributed by atoms with Crippen LogP contribution < -0.4 is 10.3 Å². The molecule has 0 spiro atoms. The lowest BCUT2D eigenvalue weighted by Crippen LogP contribution is -2.35. The van der Waals surface area contributed by atoms with Crippen molar-refractivity contribution in [2.75, 3.05) is 4.72 Å². The number of benzene rings is 3. The maximum absolute atomic E-state index is 13.8. The van der Waals surface area contributed by atoms with E-state index in [9.17, 15) is 18.3 Å². The second kappa shape index (κ2) is 10.3. The van der Waals surface area contributed by atoms with Gasteiger partial charge in [0.05, 0.1) is 4.90 Å². The molecule has 206 valence electrons. The number of hydrogen-bond donors (Lipinski definition) is 2. The number of hydrogen-bond acceptors (Lipinski definition) is 5. The van der Waals surface area contributed by atoms with E-state index in [0.29, 0.717) is 17.2 Å². The van der Waals surface area contributed by atoms with Crippen molar-refractivity contribution in [3.05, 3.63) is 112 Å². The van der Waals surface area contributed by atoms with E-state index in [-0.39, 0.29) is 10.3 Å². The molecule has 3 aromatic carbocycles. The van der Waals surface area contributed by atoms with Crippen LogP contribution in [0.2, 0.25) is 0 Å². The van der Waals surface area contributed by atoms with Gasteiger partial charge in [0, 0.05) is 17.0 Å². The molecule has 2 aliphatic rings. The zero-order valence-electron chi connectivity index (χ0n) is 22.5. The molecule has 0 radical (unpaired) electrons. The van der Waals surface area contributed by atoms with Gasteiger partial charge in [-0.25, -0.2) is 13.2 Å². The topological polar surface area (TPSA) is 96.6 Å². The Kier molecular flexibility index (Phi) is 6.78. The summed E-state index contributed by atoms with van der Waals surface area (Å²) in [6, 6.07) is 24.4. The average Bonchev–Trinajstić information content (AvgIpc) is 3.76. The van der Waals surface area contributed by atoms with Crippen molar-refractivity contribution in [1.82, 2.24) is 0 Å². The molecule has 0 atom stereocenters. The van der Waals surface area contributed by atoms with Gasteiger partial charge in [-0.15, -0.1) is 0 Å². The molecule has 4 aromatic rings. The summed E-state index contributed by atoms with van der Waals surface area (Å²) in [6.07, 6.45) is 6.32. The Balaban J connectivity index is 1.34. The molecular weight excluding hydrogens is 522 g/mol. The zero-order chi connectivity index (χ0) is 27.9. The normalized spacial score (nSPS) is 16.3. The summed E-state index contributed by atoms with van der Waals surface area (Å²) in [5.74, 6) is 0.297. The fraction of sp³-hybridized carbons (Fsp3) is 0.303. The quantitative estimate of drug-likeness (QED) is 0.231. The van der Waals surface area contributed by atoms with Crippen LogP contribution in [-0.4, -0.2) is 13.5 Å². The van der Waals surface area contributed by atoms with Crippen molar-refractivity contribution >= 4 is 15.7 Å². The first-order valence-electron chi connectivity index (χ1n) is 13.9. The number of aromatic hydroxyl groups is 1. The Labute approximate surface area is 234 Å². The van der Waals surface area contributed by atoms with Gasteiger partial charge < -0.3 is 9.52 Å². The largest absolute Gasteiger partial charge is 0.505 e. The van der Waals surface area contributed by atoms with E-state index < -0.39 is 27.1 Å². The number of anilines is 1. The summed E-state index contributed by atoms with van der Waals surface area (Å²) in [7, 11) is -4.24. The minimum Gasteiger partial charge on any atom is -0.505 e. The van der Waals surface area contributed by atoms with Gasteiger partial charge in [-0.2, -0.15) is 0 Å². The van der Waals surface area contributed by atoms with Gasteiger partial charge >= 0.3 is 5.63 Å². The third kappa shape index (κ3) is 4.94. The van der Waals surface area contributed by atoms with E-state index in [1.165, 1.54) is 11.6 Å². The first-order chi connectivity index (χ1) is 19.3. The lowest BCUT2D eigenvalue weighted by atomic mass is 9.64. The molecule has 7 heteroatoms. The summed E-state index contributed by atoms with van der Waals surface area (Å²) in [5.41, 5.74) is 2.99. The maximum atomic E-state index is 13.8. The van der Waals surface area contributed by atoms with Crippen molar-refractivity contribution < 1.29 is 17.9 Å². The molecule has 1 aromatic heterocycles. The van der Waals surface area contributed by atoms with Crippen LogP contribution in [-0.2, 0) is 21.9 Å². The molecule has 2 N–H and O–H groups in total. The van der Waals surface area contributed by atoms with E-state index in [0.717, 1.165) is 61.6 Å². The Morgan fingerprint density at radius 3 is 2.25 bits per heavy atom. The summed E-state index contributed by atoms with van der Waals surface area (Å²) in [5, 5.41) is 10.9. The van der Waals surface area contributed by atoms with Gasteiger partial charge in [-0.05, 0) is 79.7 Å². The first kappa shape index (κ1) is 26.4. The van der Waals surface area contributed by atoms with Crippen LogP contribution in [0.1, 0.15) is 66.9 Å². The Morgan fingerprint density at radius 1 is 0.975 bits per heavy atom. The smallest absolute Gasteiger partial charge is 0.364 e. The van der Waals surface area contributed by atoms with Crippen LogP contribution in [0.25, 0.3) is 11.1 Å². The summed E-state index contributed by atoms with van der Waals surface area (Å²) < 4.78 is 35.7. The van der Waals surface area contributed by atoms with Gasteiger partial charge in [-0.1, -0.05) is 73.2 Å². The van der Waals surface area contributed by atoms with E-state index >= 15 is 0 Å². The zero-order valence-corrected chi connectivity index (χ0v) is 23.3. The van der Waals surface area contributed by atoms with Crippen molar-refractivity contribution in [2.45, 2.75) is 68.1 Å². The monoisotopic (exact) mass is 555 g/mol. The van der Waals surface area contributed by atoms with E-state index in [1.807, 2.05) is 61.5 Å². The highest BCUT2D eigenvalue weighted by molar-refractivity contribution is 7.92. The molecule has 1 heterocycles. The highest BCUT2D eigenvalue weighted by Crippen LogP contribution is 2.49. The fourth-order valence-electron chi connectivity index (χ4n) is 6.01. The maximum Gasteiger partial charge on any atom is 0.364 e. The van der Waals surface area contributed by atoms with Gasteiger partial charge in [-0.3, -0.25) is 4.72 Å². The highest BCUT2D eigenvalue weighted by atomic mass is 32.2. The molecule has 6 rings (SSSR count). The number of rotatable bonds is 9. The summed E-state index contributed by atoms with van der Waals surface area (Å²) in [4.78, 5) is 13.2. The van der Waals surface area contributed by atoms with Crippen LogP contribution in [0.15, 0.2) is 93.0 Å². The molecule has 0 saturated heterocycles. The summed E-state index contributed by atoms with van der Waals surface area (Å²) in [6.45, 7) is 2.00. The van der Waals surface area contributed by atoms with E-state index in [2.05, 4.69) is 16.9 Å². The molecule has 2 fully saturated rings. The first-order valence-corrected chi connectivity index (χ1v) is 15.4. The van der Waals surface area contributed by atoms with E-state index in [1.54, 1.807) is 6.07 Å². The van der Waals surface area contributed by atoms with Crippen LogP contribution in [0.4, 0.5) is 5.69 Å². The van der Waals surface area contributed by atoms with Crippen molar-refractivity contribution in [3.63, 3.8) is 0 Å². The van der Waals surface area contributed by atoms with Crippen LogP contribution in [0.3, 0.4) is 0 Å². The minimum absolute atomic E-state index is 0.0763. The predicted octanol–water partition coefficient (Wildman–Crippen LogP) is 7.05. The standard InChI is InChI=1S/C33H33NO5S/c1-22-13-16-27(30(29(22)25-14-15-25)24-11-6-3-7-12-24)40(37,38)34-31-26(35)21-28(39-32(31)36)33(18-8-19-33)20-17-23-9-4-2-5-10-23/h2-7,9-13,16,21,25,34-35H,8,14-15,17-20H2,1H3. The van der Waals surface area contributed by atoms with Gasteiger partial charge in [0.2, 0.25) is 0 Å². The Bertz CT molecular complexity index is 1700. The Hall–Kier alpha value is -3.84. The van der Waals surface area contributed by atoms with Crippen LogP contribution in [0, 0.1) is 6.92 Å². The molecule has 6 nitrogen and oxygen atoms in total. The SMILES string of the molecule is Cc1ccc(S(=O)(=O)Nc2c(O)cc(C3(CCc4ccccc4)CCC3)oc2=O)c(-c2ccccc2)c1C1CC1. The summed E-state index contributed by atoms with van der Waals surface area (Å²) >= 11 is 0. The fourth-order valence-corrected chi connectivity index (χ4v) is 7.32. The molecule has 2 saturated carbocycles. The number of nitrogens with one attached hydrogen (secondary N) is 1. The Morgan fingerprint density at radius 2 is 1.65 bits per heavy atom. The van der Waals surface area contributed by atoms with Gasteiger partial charge in [0.15, 0.2) is 11.4 Å². The number of aryl methyl sites for hydroxylation is 2. The van der Waals surface area contributed by atoms with Crippen LogP contribution in [0.5, 0.6) is 5.75 Å². The molecule has 2 aliphatic carbocycles. The molecular formula is C33H33NO5S. The second-order valence-corrected chi connectivity index (χ2v) is 12.8. The molecule has 40 heavy (non-hydrogen) atoms. The lowest BCUT2D eigenvalue weighted by Gasteiger charge is -2.41. The van der Waals surface area contributed by atoms with Crippen molar-refractivity contribution in [3.8, 4) is 16.9 Å². The lowest BCUT2D eigenvalue weighted by molar-refractivity contribution is 0.177. The molecule has 0 unspecified atom stereocenters. The van der Waals surface area contributed by atoms with Crippen LogP contribution >= 0.6 is 0 Å². The average molecular weight is 556 g/mol.